The zero-order chi connectivity index (χ0) is 16.1. The number of hydrogen-bond acceptors (Lipinski definition) is 3. The van der Waals surface area contributed by atoms with Gasteiger partial charge in [-0.05, 0) is 67.9 Å². The Bertz CT molecular complexity index is 646. The maximum absolute atomic E-state index is 12.4. The van der Waals surface area contributed by atoms with Gasteiger partial charge in [-0.1, -0.05) is 11.6 Å². The lowest BCUT2D eigenvalue weighted by atomic mass is 10.0. The number of halogens is 1. The van der Waals surface area contributed by atoms with E-state index in [1.54, 1.807) is 24.3 Å². The van der Waals surface area contributed by atoms with E-state index in [0.29, 0.717) is 22.1 Å². The number of carbonyl (C=O) groups excluding carboxylic acids is 1. The minimum atomic E-state index is -0.00954. The van der Waals surface area contributed by atoms with E-state index in [9.17, 15) is 4.79 Å². The van der Waals surface area contributed by atoms with Gasteiger partial charge in [-0.15, -0.1) is 0 Å². The normalized spacial score (nSPS) is 17.7. The van der Waals surface area contributed by atoms with E-state index in [1.165, 1.54) is 12.8 Å². The highest BCUT2D eigenvalue weighted by atomic mass is 35.5. The first-order valence-electron chi connectivity index (χ1n) is 7.96. The van der Waals surface area contributed by atoms with Crippen LogP contribution in [0, 0.1) is 5.92 Å². The van der Waals surface area contributed by atoms with Gasteiger partial charge in [0.2, 0.25) is 0 Å². The van der Waals surface area contributed by atoms with Crippen LogP contribution in [0.15, 0.2) is 48.5 Å². The molecular formula is C19H20ClNO2. The van der Waals surface area contributed by atoms with Crippen LogP contribution in [0.1, 0.15) is 28.8 Å². The minimum absolute atomic E-state index is 0.00954. The summed E-state index contributed by atoms with van der Waals surface area (Å²) in [7, 11) is 0. The topological polar surface area (TPSA) is 38.3 Å². The van der Waals surface area contributed by atoms with Gasteiger partial charge in [0, 0.05) is 28.6 Å². The Balaban J connectivity index is 1.60. The first kappa shape index (κ1) is 16.0. The first-order chi connectivity index (χ1) is 11.2. The van der Waals surface area contributed by atoms with Gasteiger partial charge in [0.15, 0.2) is 5.78 Å². The van der Waals surface area contributed by atoms with Crippen LogP contribution in [0.2, 0.25) is 5.02 Å². The quantitative estimate of drug-likeness (QED) is 0.844. The molecule has 1 aliphatic rings. The number of piperidine rings is 1. The zero-order valence-electron chi connectivity index (χ0n) is 12.9. The maximum atomic E-state index is 12.4. The van der Waals surface area contributed by atoms with Gasteiger partial charge >= 0.3 is 0 Å². The molecule has 23 heavy (non-hydrogen) atoms. The van der Waals surface area contributed by atoms with E-state index in [0.717, 1.165) is 25.4 Å². The molecule has 3 nitrogen and oxygen atoms in total. The highest BCUT2D eigenvalue weighted by Crippen LogP contribution is 2.18. The molecule has 0 saturated carbocycles. The summed E-state index contributed by atoms with van der Waals surface area (Å²) in [5.41, 5.74) is 1.29. The molecule has 1 N–H and O–H groups in total. The first-order valence-corrected chi connectivity index (χ1v) is 8.34. The summed E-state index contributed by atoms with van der Waals surface area (Å²) in [6.07, 6.45) is 2.42. The maximum Gasteiger partial charge on any atom is 0.193 e. The standard InChI is InChI=1S/C19H20ClNO2/c20-17-7-3-15(4-8-17)19(22)16-5-9-18(10-6-16)23-13-14-2-1-11-21-12-14/h3-10,14,21H,1-2,11-13H2. The Hall–Kier alpha value is -1.84. The third-order valence-electron chi connectivity index (χ3n) is 4.11. The number of ether oxygens (including phenoxy) is 1. The third kappa shape index (κ3) is 4.34. The highest BCUT2D eigenvalue weighted by molar-refractivity contribution is 6.30. The van der Waals surface area contributed by atoms with Crippen molar-refractivity contribution in [2.75, 3.05) is 19.7 Å². The Morgan fingerprint density at radius 3 is 2.35 bits per heavy atom. The fourth-order valence-corrected chi connectivity index (χ4v) is 2.88. The average Bonchev–Trinajstić information content (AvgIpc) is 2.61. The van der Waals surface area contributed by atoms with Crippen LogP contribution in [-0.4, -0.2) is 25.5 Å². The van der Waals surface area contributed by atoms with Crippen molar-refractivity contribution in [1.29, 1.82) is 0 Å². The lowest BCUT2D eigenvalue weighted by Gasteiger charge is -2.22. The average molecular weight is 330 g/mol. The molecular weight excluding hydrogens is 310 g/mol. The molecule has 0 amide bonds. The SMILES string of the molecule is O=C(c1ccc(Cl)cc1)c1ccc(OCC2CCCNC2)cc1. The van der Waals surface area contributed by atoms with Crippen LogP contribution in [0.4, 0.5) is 0 Å². The van der Waals surface area contributed by atoms with Crippen LogP contribution >= 0.6 is 11.6 Å². The second-order valence-corrected chi connectivity index (χ2v) is 6.32. The van der Waals surface area contributed by atoms with Gasteiger partial charge in [-0.2, -0.15) is 0 Å². The molecule has 0 bridgehead atoms. The number of hydrogen-bond donors (Lipinski definition) is 1. The number of benzene rings is 2. The summed E-state index contributed by atoms with van der Waals surface area (Å²) >= 11 is 5.85. The van der Waals surface area contributed by atoms with Crippen molar-refractivity contribution < 1.29 is 9.53 Å². The lowest BCUT2D eigenvalue weighted by Crippen LogP contribution is -2.33. The lowest BCUT2D eigenvalue weighted by molar-refractivity contribution is 0.103. The molecule has 1 heterocycles. The molecule has 0 radical (unpaired) electrons. The van der Waals surface area contributed by atoms with Crippen molar-refractivity contribution in [3.8, 4) is 5.75 Å². The Labute approximate surface area is 141 Å². The number of rotatable bonds is 5. The van der Waals surface area contributed by atoms with E-state index in [-0.39, 0.29) is 5.78 Å². The third-order valence-corrected chi connectivity index (χ3v) is 4.36. The zero-order valence-corrected chi connectivity index (χ0v) is 13.7. The summed E-state index contributed by atoms with van der Waals surface area (Å²) in [6.45, 7) is 2.85. The van der Waals surface area contributed by atoms with Crippen LogP contribution in [0.5, 0.6) is 5.75 Å². The van der Waals surface area contributed by atoms with E-state index < -0.39 is 0 Å². The summed E-state index contributed by atoms with van der Waals surface area (Å²) < 4.78 is 5.83. The van der Waals surface area contributed by atoms with Crippen molar-refractivity contribution >= 4 is 17.4 Å². The summed E-state index contributed by atoms with van der Waals surface area (Å²) in [6, 6.07) is 14.3. The molecule has 1 aliphatic heterocycles. The van der Waals surface area contributed by atoms with Gasteiger partial charge in [0.05, 0.1) is 6.61 Å². The van der Waals surface area contributed by atoms with E-state index >= 15 is 0 Å². The molecule has 1 atom stereocenters. The van der Waals surface area contributed by atoms with Crippen LogP contribution in [0.3, 0.4) is 0 Å². The van der Waals surface area contributed by atoms with Gasteiger partial charge in [0.1, 0.15) is 5.75 Å². The number of nitrogens with one attached hydrogen (secondary N) is 1. The van der Waals surface area contributed by atoms with Crippen LogP contribution in [-0.2, 0) is 0 Å². The second-order valence-electron chi connectivity index (χ2n) is 5.88. The molecule has 3 rings (SSSR count). The minimum Gasteiger partial charge on any atom is -0.493 e. The fraction of sp³-hybridized carbons (Fsp3) is 0.316. The van der Waals surface area contributed by atoms with Gasteiger partial charge in [0.25, 0.3) is 0 Å². The van der Waals surface area contributed by atoms with Crippen LogP contribution < -0.4 is 10.1 Å². The molecule has 2 aromatic carbocycles. The van der Waals surface area contributed by atoms with Crippen molar-refractivity contribution in [3.05, 3.63) is 64.7 Å². The number of carbonyl (C=O) groups is 1. The van der Waals surface area contributed by atoms with Crippen molar-refractivity contribution in [1.82, 2.24) is 5.32 Å². The molecule has 4 heteroatoms. The van der Waals surface area contributed by atoms with Crippen molar-refractivity contribution in [2.45, 2.75) is 12.8 Å². The monoisotopic (exact) mass is 329 g/mol. The van der Waals surface area contributed by atoms with Crippen molar-refractivity contribution in [2.24, 2.45) is 5.92 Å². The molecule has 120 valence electrons. The Kier molecular flexibility index (Phi) is 5.31. The largest absolute Gasteiger partial charge is 0.493 e. The van der Waals surface area contributed by atoms with E-state index in [4.69, 9.17) is 16.3 Å². The Morgan fingerprint density at radius 1 is 1.09 bits per heavy atom. The predicted octanol–water partition coefficient (Wildman–Crippen LogP) is 3.95. The molecule has 1 saturated heterocycles. The highest BCUT2D eigenvalue weighted by Gasteiger charge is 2.14. The molecule has 2 aromatic rings. The van der Waals surface area contributed by atoms with Gasteiger partial charge in [-0.3, -0.25) is 4.79 Å². The Morgan fingerprint density at radius 2 is 1.74 bits per heavy atom. The number of ketones is 1. The molecule has 0 aliphatic carbocycles. The summed E-state index contributed by atoms with van der Waals surface area (Å²) in [5, 5.41) is 4.01. The summed E-state index contributed by atoms with van der Waals surface area (Å²) in [4.78, 5) is 12.4. The van der Waals surface area contributed by atoms with Gasteiger partial charge in [-0.25, -0.2) is 0 Å². The van der Waals surface area contributed by atoms with E-state index in [1.807, 2.05) is 24.3 Å². The molecule has 0 spiro atoms. The molecule has 0 aromatic heterocycles. The van der Waals surface area contributed by atoms with Gasteiger partial charge < -0.3 is 10.1 Å². The smallest absolute Gasteiger partial charge is 0.193 e. The molecule has 1 unspecified atom stereocenters. The predicted molar refractivity (Wildman–Crippen MR) is 92.4 cm³/mol. The molecule has 1 fully saturated rings. The second kappa shape index (κ2) is 7.62. The van der Waals surface area contributed by atoms with Crippen LogP contribution in [0.25, 0.3) is 0 Å². The van der Waals surface area contributed by atoms with E-state index in [2.05, 4.69) is 5.32 Å². The summed E-state index contributed by atoms with van der Waals surface area (Å²) in [5.74, 6) is 1.37. The fourth-order valence-electron chi connectivity index (χ4n) is 2.75. The van der Waals surface area contributed by atoms with Crippen molar-refractivity contribution in [3.63, 3.8) is 0 Å².